The lowest BCUT2D eigenvalue weighted by Crippen LogP contribution is -2.35. The largest absolute Gasteiger partial charge is 0.507 e. The number of amides is 1. The highest BCUT2D eigenvalue weighted by molar-refractivity contribution is 6.46. The number of Topliss-reactive ketones (excluding diaryl/α,β-unsaturated/α-hetero) is 1. The van der Waals surface area contributed by atoms with Crippen molar-refractivity contribution < 1.29 is 29.3 Å². The van der Waals surface area contributed by atoms with Crippen LogP contribution in [0.5, 0.6) is 17.2 Å². The number of carbonyl (C=O) groups excluding carboxylic acids is 2. The monoisotopic (exact) mass is 482 g/mol. The van der Waals surface area contributed by atoms with Gasteiger partial charge >= 0.3 is 0 Å². The zero-order valence-corrected chi connectivity index (χ0v) is 21.2. The highest BCUT2D eigenvalue weighted by atomic mass is 16.5. The molecule has 35 heavy (non-hydrogen) atoms. The molecule has 0 spiro atoms. The van der Waals surface area contributed by atoms with Crippen molar-refractivity contribution in [2.24, 2.45) is 0 Å². The summed E-state index contributed by atoms with van der Waals surface area (Å²) in [6, 6.07) is 9.08. The van der Waals surface area contributed by atoms with Crippen molar-refractivity contribution in [1.29, 1.82) is 0 Å². The number of rotatable bonds is 9. The molecule has 0 aliphatic carbocycles. The summed E-state index contributed by atoms with van der Waals surface area (Å²) in [6.07, 6.45) is 0. The first-order valence-electron chi connectivity index (χ1n) is 11.7. The summed E-state index contributed by atoms with van der Waals surface area (Å²) in [7, 11) is 5.34. The lowest BCUT2D eigenvalue weighted by Gasteiger charge is -2.27. The number of methoxy groups -OCH3 is 1. The first kappa shape index (κ1) is 26.1. The van der Waals surface area contributed by atoms with Crippen LogP contribution in [0.2, 0.25) is 0 Å². The predicted molar refractivity (Wildman–Crippen MR) is 134 cm³/mol. The summed E-state index contributed by atoms with van der Waals surface area (Å²) < 4.78 is 11.0. The van der Waals surface area contributed by atoms with E-state index in [1.165, 1.54) is 11.0 Å². The number of ketones is 1. The van der Waals surface area contributed by atoms with Gasteiger partial charge in [-0.2, -0.15) is 0 Å². The fourth-order valence-electron chi connectivity index (χ4n) is 4.23. The van der Waals surface area contributed by atoms with Gasteiger partial charge < -0.3 is 29.5 Å². The number of carbonyl (C=O) groups is 2. The molecular weight excluding hydrogens is 448 g/mol. The number of nitrogens with zero attached hydrogens (tertiary/aromatic N) is 2. The molecule has 8 nitrogen and oxygen atoms in total. The first-order chi connectivity index (χ1) is 16.6. The standard InChI is InChI=1S/C27H34N2O6/c1-7-35-22-15-17(8-10-20(22)30)24-23(26(32)27(33)29(24)13-12-28(4)5)25(31)18-9-11-21(34-6)19(14-18)16(2)3/h8-11,14-16,24,30-31H,7,12-13H2,1-6H3/b25-23+. The van der Waals surface area contributed by atoms with Gasteiger partial charge in [-0.3, -0.25) is 9.59 Å². The van der Waals surface area contributed by atoms with Gasteiger partial charge in [0, 0.05) is 18.7 Å². The summed E-state index contributed by atoms with van der Waals surface area (Å²) >= 11 is 0. The van der Waals surface area contributed by atoms with Crippen LogP contribution in [0.25, 0.3) is 5.76 Å². The molecule has 0 aromatic heterocycles. The number of hydrogen-bond donors (Lipinski definition) is 2. The molecule has 1 saturated heterocycles. The quantitative estimate of drug-likeness (QED) is 0.318. The molecule has 8 heteroatoms. The van der Waals surface area contributed by atoms with E-state index in [1.807, 2.05) is 32.8 Å². The van der Waals surface area contributed by atoms with Gasteiger partial charge in [-0.15, -0.1) is 0 Å². The van der Waals surface area contributed by atoms with E-state index in [1.54, 1.807) is 44.4 Å². The van der Waals surface area contributed by atoms with Crippen molar-refractivity contribution in [3.05, 3.63) is 58.7 Å². The van der Waals surface area contributed by atoms with Crippen molar-refractivity contribution in [1.82, 2.24) is 9.80 Å². The van der Waals surface area contributed by atoms with Crippen LogP contribution in [0.3, 0.4) is 0 Å². The Morgan fingerprint density at radius 1 is 1.11 bits per heavy atom. The molecule has 1 atom stereocenters. The number of likely N-dealkylation sites (tertiary alicyclic amines) is 1. The van der Waals surface area contributed by atoms with Crippen LogP contribution in [0.4, 0.5) is 0 Å². The molecule has 2 N–H and O–H groups in total. The highest BCUT2D eigenvalue weighted by Gasteiger charge is 2.46. The zero-order chi connectivity index (χ0) is 25.9. The maximum atomic E-state index is 13.3. The molecule has 1 aliphatic rings. The van der Waals surface area contributed by atoms with Gasteiger partial charge in [0.1, 0.15) is 11.5 Å². The Morgan fingerprint density at radius 2 is 1.83 bits per heavy atom. The summed E-state index contributed by atoms with van der Waals surface area (Å²) in [4.78, 5) is 29.7. The number of ether oxygens (including phenoxy) is 2. The van der Waals surface area contributed by atoms with Crippen molar-refractivity contribution in [2.75, 3.05) is 40.9 Å². The number of aromatic hydroxyl groups is 1. The van der Waals surface area contributed by atoms with Gasteiger partial charge in [0.05, 0.1) is 25.3 Å². The molecule has 1 unspecified atom stereocenters. The maximum Gasteiger partial charge on any atom is 0.295 e. The van der Waals surface area contributed by atoms with Crippen LogP contribution >= 0.6 is 0 Å². The second-order valence-electron chi connectivity index (χ2n) is 9.07. The molecule has 1 fully saturated rings. The average molecular weight is 483 g/mol. The second-order valence-corrected chi connectivity index (χ2v) is 9.07. The molecule has 0 saturated carbocycles. The maximum absolute atomic E-state index is 13.3. The van der Waals surface area contributed by atoms with E-state index < -0.39 is 17.7 Å². The Kier molecular flexibility index (Phi) is 8.07. The minimum atomic E-state index is -0.834. The normalized spacial score (nSPS) is 17.5. The molecule has 1 amide bonds. The summed E-state index contributed by atoms with van der Waals surface area (Å²) in [6.45, 7) is 6.96. The minimum Gasteiger partial charge on any atom is -0.507 e. The number of phenols is 1. The van der Waals surface area contributed by atoms with Crippen molar-refractivity contribution >= 4 is 17.4 Å². The Balaban J connectivity index is 2.21. The number of phenolic OH excluding ortho intramolecular Hbond substituents is 1. The molecule has 3 rings (SSSR count). The molecule has 0 bridgehead atoms. The third-order valence-electron chi connectivity index (χ3n) is 6.05. The van der Waals surface area contributed by atoms with Gasteiger partial charge in [-0.1, -0.05) is 19.9 Å². The smallest absolute Gasteiger partial charge is 0.295 e. The zero-order valence-electron chi connectivity index (χ0n) is 21.2. The summed E-state index contributed by atoms with van der Waals surface area (Å²) in [5.74, 6) is -0.689. The number of likely N-dealkylation sites (N-methyl/N-ethyl adjacent to an activating group) is 1. The topological polar surface area (TPSA) is 99.5 Å². The van der Waals surface area contributed by atoms with Gasteiger partial charge in [0.15, 0.2) is 11.5 Å². The van der Waals surface area contributed by atoms with E-state index >= 15 is 0 Å². The van der Waals surface area contributed by atoms with Gasteiger partial charge in [0.2, 0.25) is 0 Å². The number of aliphatic hydroxyl groups is 1. The third kappa shape index (κ3) is 5.27. The average Bonchev–Trinajstić information content (AvgIpc) is 3.08. The van der Waals surface area contributed by atoms with Crippen LogP contribution in [0.15, 0.2) is 42.0 Å². The lowest BCUT2D eigenvalue weighted by molar-refractivity contribution is -0.140. The number of benzene rings is 2. The molecular formula is C27H34N2O6. The Bertz CT molecular complexity index is 1140. The highest BCUT2D eigenvalue weighted by Crippen LogP contribution is 2.42. The lowest BCUT2D eigenvalue weighted by atomic mass is 9.93. The van der Waals surface area contributed by atoms with E-state index in [0.717, 1.165) is 5.56 Å². The molecule has 188 valence electrons. The van der Waals surface area contributed by atoms with Crippen LogP contribution in [-0.2, 0) is 9.59 Å². The second kappa shape index (κ2) is 10.8. The first-order valence-corrected chi connectivity index (χ1v) is 11.7. The Hall–Kier alpha value is -3.52. The van der Waals surface area contributed by atoms with E-state index in [-0.39, 0.29) is 35.3 Å². The van der Waals surface area contributed by atoms with Crippen molar-refractivity contribution in [3.63, 3.8) is 0 Å². The minimum absolute atomic E-state index is 0.00164. The van der Waals surface area contributed by atoms with Crippen LogP contribution in [-0.4, -0.2) is 72.6 Å². The fourth-order valence-corrected chi connectivity index (χ4v) is 4.23. The van der Waals surface area contributed by atoms with E-state index in [9.17, 15) is 19.8 Å². The van der Waals surface area contributed by atoms with Gasteiger partial charge in [0.25, 0.3) is 11.7 Å². The molecule has 0 radical (unpaired) electrons. The summed E-state index contributed by atoms with van der Waals surface area (Å²) in [5.41, 5.74) is 1.86. The third-order valence-corrected chi connectivity index (χ3v) is 6.05. The Labute approximate surface area is 206 Å². The molecule has 2 aromatic carbocycles. The molecule has 1 aliphatic heterocycles. The van der Waals surface area contributed by atoms with Gasteiger partial charge in [-0.25, -0.2) is 0 Å². The van der Waals surface area contributed by atoms with Gasteiger partial charge in [-0.05, 0) is 68.4 Å². The number of hydrogen-bond acceptors (Lipinski definition) is 7. The van der Waals surface area contributed by atoms with Crippen LogP contribution < -0.4 is 9.47 Å². The molecule has 1 heterocycles. The van der Waals surface area contributed by atoms with E-state index in [4.69, 9.17) is 9.47 Å². The van der Waals surface area contributed by atoms with E-state index in [0.29, 0.717) is 30.0 Å². The Morgan fingerprint density at radius 3 is 2.43 bits per heavy atom. The fraction of sp³-hybridized carbons (Fsp3) is 0.407. The van der Waals surface area contributed by atoms with E-state index in [2.05, 4.69) is 0 Å². The van der Waals surface area contributed by atoms with Crippen LogP contribution in [0.1, 0.15) is 49.4 Å². The summed E-state index contributed by atoms with van der Waals surface area (Å²) in [5, 5.41) is 21.6. The van der Waals surface area contributed by atoms with Crippen molar-refractivity contribution in [2.45, 2.75) is 32.7 Å². The molecule has 2 aromatic rings. The number of aliphatic hydroxyl groups excluding tert-OH is 1. The van der Waals surface area contributed by atoms with Crippen molar-refractivity contribution in [3.8, 4) is 17.2 Å². The van der Waals surface area contributed by atoms with Crippen LogP contribution in [0, 0.1) is 0 Å². The predicted octanol–water partition coefficient (Wildman–Crippen LogP) is 3.91. The SMILES string of the molecule is CCOc1cc(C2/C(=C(\O)c3ccc(OC)c(C(C)C)c3)C(=O)C(=O)N2CCN(C)C)ccc1O.